The van der Waals surface area contributed by atoms with Crippen molar-refractivity contribution in [2.75, 3.05) is 6.61 Å². The second-order valence-corrected chi connectivity index (χ2v) is 2.03. The van der Waals surface area contributed by atoms with Crippen molar-refractivity contribution in [2.45, 2.75) is 6.04 Å². The Morgan fingerprint density at radius 2 is 2.73 bits per heavy atom. The number of rotatable bonds is 4. The van der Waals surface area contributed by atoms with E-state index >= 15 is 0 Å². The van der Waals surface area contributed by atoms with E-state index in [2.05, 4.69) is 15.3 Å². The van der Waals surface area contributed by atoms with Gasteiger partial charge in [-0.3, -0.25) is 4.79 Å². The highest BCUT2D eigenvalue weighted by Gasteiger charge is 2.08. The van der Waals surface area contributed by atoms with Crippen LogP contribution < -0.4 is 5.32 Å². The van der Waals surface area contributed by atoms with Gasteiger partial charge in [0.25, 0.3) is 0 Å². The predicted octanol–water partition coefficient (Wildman–Crippen LogP) is -0.811. The Balaban J connectivity index is 2.62. The number of H-pyrrole nitrogens is 1. The van der Waals surface area contributed by atoms with Gasteiger partial charge >= 0.3 is 0 Å². The van der Waals surface area contributed by atoms with E-state index in [9.17, 15) is 4.79 Å². The maximum Gasteiger partial charge on any atom is 0.207 e. The number of nitrogens with zero attached hydrogens (tertiary/aromatic N) is 1. The van der Waals surface area contributed by atoms with Crippen LogP contribution in [0.4, 0.5) is 0 Å². The third-order valence-electron chi connectivity index (χ3n) is 1.35. The quantitative estimate of drug-likeness (QED) is 0.497. The standard InChI is InChI=1S/C6H9N3O2/c10-2-6(9-4-11)5-1-7-3-8-5/h1,3-4,6,10H,2H2,(H,7,8)(H,9,11). The first-order chi connectivity index (χ1) is 5.38. The summed E-state index contributed by atoms with van der Waals surface area (Å²) < 4.78 is 0. The molecule has 1 rings (SSSR count). The van der Waals surface area contributed by atoms with E-state index in [4.69, 9.17) is 5.11 Å². The van der Waals surface area contributed by atoms with Crippen molar-refractivity contribution in [3.05, 3.63) is 18.2 Å². The second-order valence-electron chi connectivity index (χ2n) is 2.03. The number of hydrogen-bond acceptors (Lipinski definition) is 3. The SMILES string of the molecule is O=CNC(CO)c1cnc[nH]1. The number of aromatic nitrogens is 2. The van der Waals surface area contributed by atoms with E-state index < -0.39 is 0 Å². The minimum absolute atomic E-state index is 0.138. The van der Waals surface area contributed by atoms with Gasteiger partial charge < -0.3 is 15.4 Å². The van der Waals surface area contributed by atoms with Gasteiger partial charge in [0.1, 0.15) is 0 Å². The predicted molar refractivity (Wildman–Crippen MR) is 37.6 cm³/mol. The number of nitrogens with one attached hydrogen (secondary N) is 2. The molecule has 3 N–H and O–H groups in total. The summed E-state index contributed by atoms with van der Waals surface area (Å²) in [5.41, 5.74) is 0.694. The van der Waals surface area contributed by atoms with Crippen LogP contribution >= 0.6 is 0 Å². The van der Waals surface area contributed by atoms with Crippen LogP contribution in [0.5, 0.6) is 0 Å². The molecule has 0 aliphatic rings. The molecule has 0 aliphatic carbocycles. The maximum atomic E-state index is 10.0. The van der Waals surface area contributed by atoms with Crippen LogP contribution in [0.3, 0.4) is 0 Å². The Labute approximate surface area is 63.5 Å². The molecule has 1 aromatic heterocycles. The molecular formula is C6H9N3O2. The van der Waals surface area contributed by atoms with Crippen LogP contribution in [0.25, 0.3) is 0 Å². The third kappa shape index (κ3) is 1.78. The number of aliphatic hydroxyl groups is 1. The van der Waals surface area contributed by atoms with Gasteiger partial charge in [-0.1, -0.05) is 0 Å². The summed E-state index contributed by atoms with van der Waals surface area (Å²) in [6.07, 6.45) is 3.59. The summed E-state index contributed by atoms with van der Waals surface area (Å²) in [7, 11) is 0. The first-order valence-corrected chi connectivity index (χ1v) is 3.17. The van der Waals surface area contributed by atoms with Gasteiger partial charge in [0, 0.05) is 0 Å². The normalized spacial score (nSPS) is 12.5. The van der Waals surface area contributed by atoms with Crippen molar-refractivity contribution in [1.29, 1.82) is 0 Å². The molecule has 5 nitrogen and oxygen atoms in total. The third-order valence-corrected chi connectivity index (χ3v) is 1.35. The molecule has 0 aliphatic heterocycles. The molecule has 11 heavy (non-hydrogen) atoms. The van der Waals surface area contributed by atoms with Crippen LogP contribution in [-0.4, -0.2) is 28.1 Å². The van der Waals surface area contributed by atoms with Crippen molar-refractivity contribution in [3.8, 4) is 0 Å². The number of aromatic amines is 1. The number of carbonyl (C=O) groups is 1. The van der Waals surface area contributed by atoms with E-state index in [1.54, 1.807) is 6.20 Å². The zero-order valence-electron chi connectivity index (χ0n) is 5.82. The van der Waals surface area contributed by atoms with E-state index in [-0.39, 0.29) is 12.6 Å². The summed E-state index contributed by atoms with van der Waals surface area (Å²) >= 11 is 0. The Hall–Kier alpha value is -1.36. The first-order valence-electron chi connectivity index (χ1n) is 3.17. The molecule has 0 aromatic carbocycles. The largest absolute Gasteiger partial charge is 0.394 e. The second kappa shape index (κ2) is 3.72. The zero-order valence-corrected chi connectivity index (χ0v) is 5.82. The summed E-state index contributed by atoms with van der Waals surface area (Å²) in [4.78, 5) is 16.5. The van der Waals surface area contributed by atoms with Gasteiger partial charge in [-0.05, 0) is 0 Å². The molecule has 1 unspecified atom stereocenters. The summed E-state index contributed by atoms with van der Waals surface area (Å²) in [6, 6.07) is -0.380. The molecule has 1 heterocycles. The lowest BCUT2D eigenvalue weighted by molar-refractivity contribution is -0.110. The number of hydrogen-bond donors (Lipinski definition) is 3. The van der Waals surface area contributed by atoms with Gasteiger partial charge in [0.2, 0.25) is 6.41 Å². The van der Waals surface area contributed by atoms with Gasteiger partial charge in [-0.15, -0.1) is 0 Å². The summed E-state index contributed by atoms with van der Waals surface area (Å²) in [5, 5.41) is 11.2. The Morgan fingerprint density at radius 1 is 1.91 bits per heavy atom. The Kier molecular flexibility index (Phi) is 2.62. The topological polar surface area (TPSA) is 78.0 Å². The molecule has 1 aromatic rings. The maximum absolute atomic E-state index is 10.0. The minimum atomic E-state index is -0.380. The fraction of sp³-hybridized carbons (Fsp3) is 0.333. The molecule has 0 fully saturated rings. The lowest BCUT2D eigenvalue weighted by Crippen LogP contribution is -2.22. The van der Waals surface area contributed by atoms with Crippen molar-refractivity contribution in [3.63, 3.8) is 0 Å². The smallest absolute Gasteiger partial charge is 0.207 e. The molecule has 0 saturated carbocycles. The number of carbonyl (C=O) groups excluding carboxylic acids is 1. The highest BCUT2D eigenvalue weighted by Crippen LogP contribution is 2.05. The van der Waals surface area contributed by atoms with E-state index in [1.807, 2.05) is 0 Å². The fourth-order valence-electron chi connectivity index (χ4n) is 0.780. The van der Waals surface area contributed by atoms with Crippen molar-refractivity contribution in [1.82, 2.24) is 15.3 Å². The molecule has 1 atom stereocenters. The minimum Gasteiger partial charge on any atom is -0.394 e. The van der Waals surface area contributed by atoms with Crippen LogP contribution in [-0.2, 0) is 4.79 Å². The molecule has 0 radical (unpaired) electrons. The lowest BCUT2D eigenvalue weighted by Gasteiger charge is -2.09. The zero-order chi connectivity index (χ0) is 8.10. The number of amides is 1. The Bertz CT molecular complexity index is 210. The molecule has 0 saturated heterocycles. The van der Waals surface area contributed by atoms with E-state index in [0.29, 0.717) is 12.1 Å². The summed E-state index contributed by atoms with van der Waals surface area (Å²) in [6.45, 7) is -0.138. The highest BCUT2D eigenvalue weighted by molar-refractivity contribution is 5.47. The fourth-order valence-corrected chi connectivity index (χ4v) is 0.780. The molecular weight excluding hydrogens is 146 g/mol. The van der Waals surface area contributed by atoms with Crippen LogP contribution in [0.15, 0.2) is 12.5 Å². The monoisotopic (exact) mass is 155 g/mol. The van der Waals surface area contributed by atoms with Gasteiger partial charge in [-0.25, -0.2) is 4.98 Å². The molecule has 5 heteroatoms. The Morgan fingerprint density at radius 3 is 3.18 bits per heavy atom. The van der Waals surface area contributed by atoms with Crippen molar-refractivity contribution < 1.29 is 9.90 Å². The van der Waals surface area contributed by atoms with Crippen LogP contribution in [0, 0.1) is 0 Å². The molecule has 1 amide bonds. The van der Waals surface area contributed by atoms with Crippen molar-refractivity contribution >= 4 is 6.41 Å². The average Bonchev–Trinajstić information content (AvgIpc) is 2.52. The van der Waals surface area contributed by atoms with E-state index in [0.717, 1.165) is 0 Å². The highest BCUT2D eigenvalue weighted by atomic mass is 16.3. The molecule has 0 bridgehead atoms. The number of aliphatic hydroxyl groups excluding tert-OH is 1. The average molecular weight is 155 g/mol. The molecule has 60 valence electrons. The van der Waals surface area contributed by atoms with Gasteiger partial charge in [-0.2, -0.15) is 0 Å². The van der Waals surface area contributed by atoms with Crippen molar-refractivity contribution in [2.24, 2.45) is 0 Å². The van der Waals surface area contributed by atoms with Gasteiger partial charge in [0.05, 0.1) is 30.9 Å². The van der Waals surface area contributed by atoms with E-state index in [1.165, 1.54) is 6.33 Å². The van der Waals surface area contributed by atoms with Crippen LogP contribution in [0.1, 0.15) is 11.7 Å². The summed E-state index contributed by atoms with van der Waals surface area (Å²) in [5.74, 6) is 0. The van der Waals surface area contributed by atoms with Crippen LogP contribution in [0.2, 0.25) is 0 Å². The number of imidazole rings is 1. The first kappa shape index (κ1) is 7.74. The molecule has 0 spiro atoms. The van der Waals surface area contributed by atoms with Gasteiger partial charge in [0.15, 0.2) is 0 Å². The lowest BCUT2D eigenvalue weighted by atomic mass is 10.2.